The monoisotopic (exact) mass is 431 g/mol. The minimum atomic E-state index is -0.0580. The number of benzene rings is 2. The summed E-state index contributed by atoms with van der Waals surface area (Å²) >= 11 is 6.99. The van der Waals surface area contributed by atoms with Crippen LogP contribution in [-0.2, 0) is 0 Å². The van der Waals surface area contributed by atoms with E-state index >= 15 is 0 Å². The van der Waals surface area contributed by atoms with Crippen LogP contribution in [0.4, 0.5) is 5.95 Å². The third-order valence-corrected chi connectivity index (χ3v) is 4.69. The summed E-state index contributed by atoms with van der Waals surface area (Å²) in [4.78, 5) is 0. The van der Waals surface area contributed by atoms with Gasteiger partial charge < -0.3 is 5.32 Å². The van der Waals surface area contributed by atoms with Gasteiger partial charge in [-0.15, -0.1) is 0 Å². The summed E-state index contributed by atoms with van der Waals surface area (Å²) in [6.07, 6.45) is 2.13. The fourth-order valence-electron chi connectivity index (χ4n) is 2.58. The average molecular weight is 433 g/mol. The molecule has 0 fully saturated rings. The van der Waals surface area contributed by atoms with Gasteiger partial charge in [-0.2, -0.15) is 4.68 Å². The molecule has 3 aromatic rings. The lowest BCUT2D eigenvalue weighted by Crippen LogP contribution is -2.20. The molecule has 7 heteroatoms. The molecule has 0 unspecified atom stereocenters. The first-order valence-corrected chi connectivity index (χ1v) is 8.57. The van der Waals surface area contributed by atoms with Gasteiger partial charge in [-0.05, 0) is 51.9 Å². The van der Waals surface area contributed by atoms with Crippen molar-refractivity contribution < 1.29 is 0 Å². The first-order chi connectivity index (χ1) is 11.2. The highest BCUT2D eigenvalue weighted by molar-refractivity contribution is 9.10. The number of aromatic nitrogens is 4. The average Bonchev–Trinajstić information content (AvgIpc) is 3.03. The molecule has 1 N–H and O–H groups in total. The minimum absolute atomic E-state index is 0.0580. The van der Waals surface area contributed by atoms with E-state index in [0.717, 1.165) is 25.8 Å². The molecule has 23 heavy (non-hydrogen) atoms. The van der Waals surface area contributed by atoms with E-state index in [4.69, 9.17) is 0 Å². The molecule has 0 bridgehead atoms. The lowest BCUT2D eigenvalue weighted by Gasteiger charge is -2.23. The Balaban J connectivity index is 1.81. The molecule has 0 aliphatic carbocycles. The standard InChI is InChI=1S/C16H11Br2N5/c17-12-6-4-10(5-7-12)14-9-15(11-2-1-3-13(18)8-11)23-16(19-14)20-21-22-23/h1-9,15H,(H,19,20,22)/t15-/m1/s1. The van der Waals surface area contributed by atoms with E-state index in [1.165, 1.54) is 0 Å². The molecule has 0 radical (unpaired) electrons. The Hall–Kier alpha value is -1.99. The van der Waals surface area contributed by atoms with Gasteiger partial charge in [0.15, 0.2) is 0 Å². The third-order valence-electron chi connectivity index (χ3n) is 3.67. The van der Waals surface area contributed by atoms with Gasteiger partial charge in [-0.1, -0.05) is 61.2 Å². The van der Waals surface area contributed by atoms with Crippen LogP contribution in [-0.4, -0.2) is 20.2 Å². The van der Waals surface area contributed by atoms with Crippen LogP contribution in [0.25, 0.3) is 5.70 Å². The number of anilines is 1. The van der Waals surface area contributed by atoms with Crippen LogP contribution in [0, 0.1) is 0 Å². The second kappa shape index (κ2) is 5.90. The van der Waals surface area contributed by atoms with Crippen molar-refractivity contribution in [1.29, 1.82) is 0 Å². The van der Waals surface area contributed by atoms with Gasteiger partial charge in [0.2, 0.25) is 5.95 Å². The molecule has 5 nitrogen and oxygen atoms in total. The Morgan fingerprint density at radius 3 is 2.61 bits per heavy atom. The lowest BCUT2D eigenvalue weighted by atomic mass is 10.0. The van der Waals surface area contributed by atoms with Crippen molar-refractivity contribution in [3.63, 3.8) is 0 Å². The van der Waals surface area contributed by atoms with Gasteiger partial charge >= 0.3 is 0 Å². The molecule has 1 aliphatic rings. The van der Waals surface area contributed by atoms with Crippen LogP contribution in [0.2, 0.25) is 0 Å². The van der Waals surface area contributed by atoms with Gasteiger partial charge in [-0.25, -0.2) is 0 Å². The van der Waals surface area contributed by atoms with Gasteiger partial charge in [0.1, 0.15) is 6.04 Å². The number of halogens is 2. The van der Waals surface area contributed by atoms with E-state index in [1.807, 2.05) is 24.3 Å². The molecule has 1 aromatic heterocycles. The van der Waals surface area contributed by atoms with Crippen molar-refractivity contribution in [1.82, 2.24) is 20.2 Å². The Bertz CT molecular complexity index is 885. The SMILES string of the molecule is Brc1ccc(C2=C[C@H](c3cccc(Br)c3)n3nnnc3N2)cc1. The molecule has 1 aliphatic heterocycles. The highest BCUT2D eigenvalue weighted by Gasteiger charge is 2.24. The summed E-state index contributed by atoms with van der Waals surface area (Å²) in [6, 6.07) is 16.3. The molecule has 4 rings (SSSR count). The Morgan fingerprint density at radius 1 is 1.00 bits per heavy atom. The van der Waals surface area contributed by atoms with E-state index < -0.39 is 0 Å². The summed E-state index contributed by atoms with van der Waals surface area (Å²) in [7, 11) is 0. The quantitative estimate of drug-likeness (QED) is 0.657. The van der Waals surface area contributed by atoms with Crippen LogP contribution in [0.15, 0.2) is 63.6 Å². The van der Waals surface area contributed by atoms with Crippen LogP contribution in [0.5, 0.6) is 0 Å². The maximum absolute atomic E-state index is 4.11. The summed E-state index contributed by atoms with van der Waals surface area (Å²) < 4.78 is 3.86. The van der Waals surface area contributed by atoms with Crippen molar-refractivity contribution in [2.75, 3.05) is 5.32 Å². The zero-order valence-corrected chi connectivity index (χ0v) is 15.0. The Kier molecular flexibility index (Phi) is 3.74. The largest absolute Gasteiger partial charge is 0.323 e. The maximum Gasteiger partial charge on any atom is 0.248 e. The van der Waals surface area contributed by atoms with E-state index in [0.29, 0.717) is 5.95 Å². The van der Waals surface area contributed by atoms with Crippen molar-refractivity contribution >= 4 is 43.5 Å². The van der Waals surface area contributed by atoms with Crippen molar-refractivity contribution in [3.05, 3.63) is 74.7 Å². The van der Waals surface area contributed by atoms with Crippen LogP contribution < -0.4 is 5.32 Å². The summed E-state index contributed by atoms with van der Waals surface area (Å²) in [5, 5.41) is 15.3. The first-order valence-electron chi connectivity index (χ1n) is 6.99. The van der Waals surface area contributed by atoms with E-state index in [9.17, 15) is 0 Å². The number of fused-ring (bicyclic) bond motifs is 1. The minimum Gasteiger partial charge on any atom is -0.323 e. The summed E-state index contributed by atoms with van der Waals surface area (Å²) in [6.45, 7) is 0. The maximum atomic E-state index is 4.11. The van der Waals surface area contributed by atoms with Crippen molar-refractivity contribution in [3.8, 4) is 0 Å². The van der Waals surface area contributed by atoms with Crippen LogP contribution >= 0.6 is 31.9 Å². The molecule has 2 heterocycles. The predicted molar refractivity (Wildman–Crippen MR) is 95.8 cm³/mol. The second-order valence-corrected chi connectivity index (χ2v) is 6.99. The Morgan fingerprint density at radius 2 is 1.83 bits per heavy atom. The molecule has 0 spiro atoms. The van der Waals surface area contributed by atoms with Crippen LogP contribution in [0.3, 0.4) is 0 Å². The van der Waals surface area contributed by atoms with E-state index in [2.05, 4.69) is 83.0 Å². The number of tetrazole rings is 1. The highest BCUT2D eigenvalue weighted by Crippen LogP contribution is 2.32. The van der Waals surface area contributed by atoms with Gasteiger partial charge in [0.05, 0.1) is 0 Å². The zero-order valence-electron chi connectivity index (χ0n) is 11.8. The van der Waals surface area contributed by atoms with Crippen molar-refractivity contribution in [2.45, 2.75) is 6.04 Å². The topological polar surface area (TPSA) is 55.6 Å². The molecule has 2 aromatic carbocycles. The van der Waals surface area contributed by atoms with Crippen LogP contribution in [0.1, 0.15) is 17.2 Å². The first kappa shape index (κ1) is 14.6. The molecule has 0 amide bonds. The Labute approximate surface area is 149 Å². The fraction of sp³-hybridized carbons (Fsp3) is 0.0625. The molecule has 114 valence electrons. The lowest BCUT2D eigenvalue weighted by molar-refractivity contribution is 0.585. The highest BCUT2D eigenvalue weighted by atomic mass is 79.9. The zero-order chi connectivity index (χ0) is 15.8. The third kappa shape index (κ3) is 2.82. The number of allylic oxidation sites excluding steroid dienone is 1. The molecule has 0 saturated heterocycles. The van der Waals surface area contributed by atoms with Gasteiger partial charge in [0, 0.05) is 14.6 Å². The number of nitrogens with one attached hydrogen (secondary N) is 1. The fourth-order valence-corrected chi connectivity index (χ4v) is 3.26. The number of hydrogen-bond acceptors (Lipinski definition) is 4. The smallest absolute Gasteiger partial charge is 0.248 e. The predicted octanol–water partition coefficient (Wildman–Crippen LogP) is 4.25. The van der Waals surface area contributed by atoms with E-state index in [1.54, 1.807) is 4.68 Å². The number of hydrogen-bond donors (Lipinski definition) is 1. The molecular formula is C16H11Br2N5. The molecule has 1 atom stereocenters. The number of rotatable bonds is 2. The number of nitrogens with zero attached hydrogens (tertiary/aromatic N) is 4. The van der Waals surface area contributed by atoms with Gasteiger partial charge in [-0.3, -0.25) is 0 Å². The molecular weight excluding hydrogens is 422 g/mol. The van der Waals surface area contributed by atoms with Crippen molar-refractivity contribution in [2.24, 2.45) is 0 Å². The van der Waals surface area contributed by atoms with Gasteiger partial charge in [0.25, 0.3) is 0 Å². The normalized spacial score (nSPS) is 16.4. The molecule has 0 saturated carbocycles. The summed E-state index contributed by atoms with van der Waals surface area (Å²) in [5.41, 5.74) is 3.19. The van der Waals surface area contributed by atoms with E-state index in [-0.39, 0.29) is 6.04 Å². The second-order valence-electron chi connectivity index (χ2n) is 5.16. The summed E-state index contributed by atoms with van der Waals surface area (Å²) in [5.74, 6) is 0.635.